The number of aryl methyl sites for hydroxylation is 1. The Hall–Kier alpha value is -0.870. The zero-order chi connectivity index (χ0) is 12.8. The van der Waals surface area contributed by atoms with E-state index in [4.69, 9.17) is 16.3 Å². The van der Waals surface area contributed by atoms with Crippen LogP contribution in [0, 0.1) is 6.92 Å². The molecule has 0 bridgehead atoms. The molecule has 0 amide bonds. The fourth-order valence-corrected chi connectivity index (χ4v) is 3.37. The zero-order valence-corrected chi connectivity index (χ0v) is 11.2. The summed E-state index contributed by atoms with van der Waals surface area (Å²) in [6, 6.07) is 1.61. The van der Waals surface area contributed by atoms with Crippen LogP contribution in [0.15, 0.2) is 10.9 Å². The van der Waals surface area contributed by atoms with E-state index >= 15 is 0 Å². The molecule has 5 heteroatoms. The molecule has 1 saturated carbocycles. The molecule has 4 nitrogen and oxygen atoms in total. The number of halogens is 1. The Labute approximate surface area is 111 Å². The SMILES string of the molecule is Cc1nc(Cl)cc(=O)n1C1CCOC2(CCC2)C1. The van der Waals surface area contributed by atoms with Crippen LogP contribution >= 0.6 is 11.6 Å². The second-order valence-electron chi connectivity index (χ2n) is 5.37. The van der Waals surface area contributed by atoms with Crippen molar-refractivity contribution in [2.75, 3.05) is 6.61 Å². The molecule has 1 saturated heterocycles. The summed E-state index contributed by atoms with van der Waals surface area (Å²) in [5.74, 6) is 0.703. The fraction of sp³-hybridized carbons (Fsp3) is 0.692. The number of aromatic nitrogens is 2. The van der Waals surface area contributed by atoms with Gasteiger partial charge < -0.3 is 4.74 Å². The molecule has 1 aromatic rings. The largest absolute Gasteiger partial charge is 0.375 e. The molecule has 1 aliphatic carbocycles. The van der Waals surface area contributed by atoms with Gasteiger partial charge in [0, 0.05) is 18.7 Å². The van der Waals surface area contributed by atoms with Crippen LogP contribution in [-0.4, -0.2) is 21.8 Å². The average Bonchev–Trinajstić information content (AvgIpc) is 2.26. The molecule has 18 heavy (non-hydrogen) atoms. The van der Waals surface area contributed by atoms with Crippen molar-refractivity contribution in [1.82, 2.24) is 9.55 Å². The fourth-order valence-electron chi connectivity index (χ4n) is 3.16. The van der Waals surface area contributed by atoms with Crippen LogP contribution in [0.2, 0.25) is 5.15 Å². The molecule has 3 rings (SSSR count). The molecule has 1 spiro atoms. The zero-order valence-electron chi connectivity index (χ0n) is 10.5. The molecule has 1 aromatic heterocycles. The van der Waals surface area contributed by atoms with Gasteiger partial charge in [0.2, 0.25) is 0 Å². The highest BCUT2D eigenvalue weighted by molar-refractivity contribution is 6.29. The maximum absolute atomic E-state index is 12.1. The maximum Gasteiger partial charge on any atom is 0.255 e. The van der Waals surface area contributed by atoms with Gasteiger partial charge in [-0.1, -0.05) is 11.6 Å². The summed E-state index contributed by atoms with van der Waals surface area (Å²) in [6.07, 6.45) is 5.29. The predicted molar refractivity (Wildman–Crippen MR) is 69.0 cm³/mol. The van der Waals surface area contributed by atoms with E-state index in [-0.39, 0.29) is 22.4 Å². The van der Waals surface area contributed by atoms with Gasteiger partial charge in [-0.15, -0.1) is 0 Å². The van der Waals surface area contributed by atoms with E-state index in [1.807, 2.05) is 6.92 Å². The van der Waals surface area contributed by atoms with Crippen molar-refractivity contribution in [3.8, 4) is 0 Å². The number of nitrogens with zero attached hydrogens (tertiary/aromatic N) is 2. The highest BCUT2D eigenvalue weighted by atomic mass is 35.5. The molecule has 1 aliphatic heterocycles. The van der Waals surface area contributed by atoms with E-state index in [9.17, 15) is 4.79 Å². The minimum atomic E-state index is -0.0473. The summed E-state index contributed by atoms with van der Waals surface area (Å²) >= 11 is 5.81. The molecule has 0 radical (unpaired) electrons. The molecule has 1 unspecified atom stereocenters. The second-order valence-corrected chi connectivity index (χ2v) is 5.75. The van der Waals surface area contributed by atoms with E-state index < -0.39 is 0 Å². The lowest BCUT2D eigenvalue weighted by Crippen LogP contribution is -2.47. The van der Waals surface area contributed by atoms with Gasteiger partial charge in [0.05, 0.1) is 5.60 Å². The maximum atomic E-state index is 12.1. The summed E-state index contributed by atoms with van der Waals surface area (Å²) in [5, 5.41) is 0.277. The van der Waals surface area contributed by atoms with Crippen molar-refractivity contribution in [2.45, 2.75) is 50.7 Å². The van der Waals surface area contributed by atoms with Crippen molar-refractivity contribution in [2.24, 2.45) is 0 Å². The molecular formula is C13H17ClN2O2. The third kappa shape index (κ3) is 1.97. The number of hydrogen-bond acceptors (Lipinski definition) is 3. The minimum Gasteiger partial charge on any atom is -0.375 e. The standard InChI is InChI=1S/C13H17ClN2O2/c1-9-15-11(14)7-12(17)16(9)10-3-6-18-13(8-10)4-2-5-13/h7,10H,2-6,8H2,1H3. The van der Waals surface area contributed by atoms with E-state index in [2.05, 4.69) is 4.98 Å². The van der Waals surface area contributed by atoms with Crippen molar-refractivity contribution >= 4 is 11.6 Å². The van der Waals surface area contributed by atoms with Crippen LogP contribution in [0.1, 0.15) is 44.0 Å². The van der Waals surface area contributed by atoms with E-state index in [1.165, 1.54) is 12.5 Å². The van der Waals surface area contributed by atoms with Crippen molar-refractivity contribution in [3.63, 3.8) is 0 Å². The highest BCUT2D eigenvalue weighted by Crippen LogP contribution is 2.45. The summed E-state index contributed by atoms with van der Waals surface area (Å²) in [5.41, 5.74) is -0.0112. The Morgan fingerprint density at radius 3 is 2.94 bits per heavy atom. The molecule has 2 fully saturated rings. The van der Waals surface area contributed by atoms with Gasteiger partial charge in [-0.2, -0.15) is 0 Å². The first-order chi connectivity index (χ1) is 8.60. The molecule has 0 N–H and O–H groups in total. The van der Waals surface area contributed by atoms with Crippen molar-refractivity contribution in [1.29, 1.82) is 0 Å². The minimum absolute atomic E-state index is 0.0361. The average molecular weight is 269 g/mol. The highest BCUT2D eigenvalue weighted by Gasteiger charge is 2.43. The summed E-state index contributed by atoms with van der Waals surface area (Å²) in [7, 11) is 0. The van der Waals surface area contributed by atoms with Crippen molar-refractivity contribution in [3.05, 3.63) is 27.4 Å². The summed E-state index contributed by atoms with van der Waals surface area (Å²) in [6.45, 7) is 2.58. The van der Waals surface area contributed by atoms with Crippen molar-refractivity contribution < 1.29 is 4.74 Å². The van der Waals surface area contributed by atoms with Crippen LogP contribution in [0.4, 0.5) is 0 Å². The molecule has 2 aliphatic rings. The molecule has 2 heterocycles. The summed E-state index contributed by atoms with van der Waals surface area (Å²) < 4.78 is 7.68. The number of hydrogen-bond donors (Lipinski definition) is 0. The van der Waals surface area contributed by atoms with E-state index in [0.29, 0.717) is 5.82 Å². The first kappa shape index (κ1) is 12.2. The van der Waals surface area contributed by atoms with Crippen LogP contribution in [0.3, 0.4) is 0 Å². The smallest absolute Gasteiger partial charge is 0.255 e. The quantitative estimate of drug-likeness (QED) is 0.735. The van der Waals surface area contributed by atoms with Crippen LogP contribution in [0.5, 0.6) is 0 Å². The van der Waals surface area contributed by atoms with Gasteiger partial charge in [-0.25, -0.2) is 4.98 Å². The third-order valence-electron chi connectivity index (χ3n) is 4.19. The van der Waals surface area contributed by atoms with Gasteiger partial charge in [-0.05, 0) is 39.0 Å². The predicted octanol–water partition coefficient (Wildman–Crippen LogP) is 2.48. The molecule has 0 aromatic carbocycles. The van der Waals surface area contributed by atoms with Crippen LogP contribution in [0.25, 0.3) is 0 Å². The first-order valence-corrected chi connectivity index (χ1v) is 6.87. The van der Waals surface area contributed by atoms with Crippen LogP contribution in [-0.2, 0) is 4.74 Å². The Morgan fingerprint density at radius 1 is 1.56 bits per heavy atom. The Kier molecular flexibility index (Phi) is 2.94. The Balaban J connectivity index is 1.93. The van der Waals surface area contributed by atoms with Gasteiger partial charge >= 0.3 is 0 Å². The normalized spacial score (nSPS) is 26.0. The molecule has 1 atom stereocenters. The monoisotopic (exact) mass is 268 g/mol. The van der Waals surface area contributed by atoms with E-state index in [1.54, 1.807) is 4.57 Å². The second kappa shape index (κ2) is 4.35. The van der Waals surface area contributed by atoms with E-state index in [0.717, 1.165) is 32.3 Å². The third-order valence-corrected chi connectivity index (χ3v) is 4.39. The molecule has 98 valence electrons. The van der Waals surface area contributed by atoms with Gasteiger partial charge in [0.1, 0.15) is 11.0 Å². The Bertz CT molecular complexity index is 522. The van der Waals surface area contributed by atoms with Crippen LogP contribution < -0.4 is 5.56 Å². The Morgan fingerprint density at radius 2 is 2.33 bits per heavy atom. The lowest BCUT2D eigenvalue weighted by Gasteiger charge is -2.47. The molecular weight excluding hydrogens is 252 g/mol. The topological polar surface area (TPSA) is 44.1 Å². The van der Waals surface area contributed by atoms with Gasteiger partial charge in [-0.3, -0.25) is 9.36 Å². The van der Waals surface area contributed by atoms with Gasteiger partial charge in [0.25, 0.3) is 5.56 Å². The first-order valence-electron chi connectivity index (χ1n) is 6.49. The number of rotatable bonds is 1. The number of ether oxygens (including phenoxy) is 1. The van der Waals surface area contributed by atoms with Gasteiger partial charge in [0.15, 0.2) is 0 Å². The lowest BCUT2D eigenvalue weighted by molar-refractivity contribution is -0.141. The summed E-state index contributed by atoms with van der Waals surface area (Å²) in [4.78, 5) is 16.3. The lowest BCUT2D eigenvalue weighted by atomic mass is 9.74.